The van der Waals surface area contributed by atoms with Gasteiger partial charge in [-0.15, -0.1) is 0 Å². The topological polar surface area (TPSA) is 32.3 Å². The third-order valence-electron chi connectivity index (χ3n) is 3.44. The van der Waals surface area contributed by atoms with Crippen LogP contribution in [0.15, 0.2) is 18.2 Å². The number of aliphatic hydroxyl groups excluding tert-OH is 1. The van der Waals surface area contributed by atoms with E-state index in [1.807, 2.05) is 0 Å². The van der Waals surface area contributed by atoms with E-state index in [1.54, 1.807) is 0 Å². The summed E-state index contributed by atoms with van der Waals surface area (Å²) in [4.78, 5) is 0. The van der Waals surface area contributed by atoms with Gasteiger partial charge in [-0.1, -0.05) is 18.2 Å². The van der Waals surface area contributed by atoms with Gasteiger partial charge in [0, 0.05) is 18.7 Å². The van der Waals surface area contributed by atoms with E-state index in [9.17, 15) is 0 Å². The summed E-state index contributed by atoms with van der Waals surface area (Å²) in [6.45, 7) is 9.00. The normalized spacial score (nSPS) is 14.6. The molecule has 1 aromatic rings. The number of hydrogen-bond donors (Lipinski definition) is 2. The largest absolute Gasteiger partial charge is 0.396 e. The Hall–Kier alpha value is -0.860. The smallest absolute Gasteiger partial charge is 0.0431 e. The van der Waals surface area contributed by atoms with Crippen molar-refractivity contribution in [1.29, 1.82) is 0 Å². The molecule has 0 saturated carbocycles. The van der Waals surface area contributed by atoms with Gasteiger partial charge in [-0.2, -0.15) is 0 Å². The van der Waals surface area contributed by atoms with Gasteiger partial charge >= 0.3 is 0 Å². The Labute approximate surface area is 105 Å². The molecule has 0 fully saturated rings. The molecule has 0 heterocycles. The Balaban J connectivity index is 2.63. The molecule has 17 heavy (non-hydrogen) atoms. The maximum absolute atomic E-state index is 8.82. The molecule has 0 aliphatic carbocycles. The number of aryl methyl sites for hydroxylation is 1. The van der Waals surface area contributed by atoms with Crippen molar-refractivity contribution in [3.8, 4) is 0 Å². The number of aliphatic hydroxyl groups is 1. The summed E-state index contributed by atoms with van der Waals surface area (Å²) in [7, 11) is 0. The molecule has 0 aliphatic rings. The van der Waals surface area contributed by atoms with E-state index in [0.29, 0.717) is 12.1 Å². The van der Waals surface area contributed by atoms with Crippen molar-refractivity contribution in [3.05, 3.63) is 34.9 Å². The van der Waals surface area contributed by atoms with Crippen molar-refractivity contribution in [2.45, 2.75) is 52.6 Å². The standard InChI is InChI=1S/C15H25NO/c1-11-7-5-9-15(13(11)3)14(4)16-12(2)8-6-10-17/h5,7,9,12,14,16-17H,6,8,10H2,1-4H3/t12-,14-/m0/s1. The first kappa shape index (κ1) is 14.2. The van der Waals surface area contributed by atoms with E-state index in [-0.39, 0.29) is 6.61 Å². The van der Waals surface area contributed by atoms with Crippen LogP contribution in [-0.4, -0.2) is 17.8 Å². The maximum Gasteiger partial charge on any atom is 0.0431 e. The van der Waals surface area contributed by atoms with Gasteiger partial charge in [-0.05, 0) is 57.2 Å². The molecule has 1 aromatic carbocycles. The zero-order valence-electron chi connectivity index (χ0n) is 11.5. The predicted octanol–water partition coefficient (Wildman–Crippen LogP) is 3.12. The van der Waals surface area contributed by atoms with Crippen LogP contribution >= 0.6 is 0 Å². The van der Waals surface area contributed by atoms with Crippen molar-refractivity contribution < 1.29 is 5.11 Å². The first-order valence-corrected chi connectivity index (χ1v) is 6.49. The summed E-state index contributed by atoms with van der Waals surface area (Å²) in [5.41, 5.74) is 4.10. The molecule has 1 rings (SSSR count). The fraction of sp³-hybridized carbons (Fsp3) is 0.600. The summed E-state index contributed by atoms with van der Waals surface area (Å²) < 4.78 is 0. The van der Waals surface area contributed by atoms with Crippen LogP contribution in [0.2, 0.25) is 0 Å². The van der Waals surface area contributed by atoms with Gasteiger partial charge < -0.3 is 10.4 Å². The number of rotatable bonds is 6. The Morgan fingerprint density at radius 3 is 2.59 bits per heavy atom. The minimum atomic E-state index is 0.282. The Bertz CT molecular complexity index is 349. The molecule has 0 radical (unpaired) electrons. The van der Waals surface area contributed by atoms with Crippen LogP contribution in [-0.2, 0) is 0 Å². The van der Waals surface area contributed by atoms with Gasteiger partial charge in [-0.3, -0.25) is 0 Å². The maximum atomic E-state index is 8.82. The highest BCUT2D eigenvalue weighted by Gasteiger charge is 2.11. The highest BCUT2D eigenvalue weighted by atomic mass is 16.2. The van der Waals surface area contributed by atoms with Crippen molar-refractivity contribution >= 4 is 0 Å². The van der Waals surface area contributed by atoms with Crippen LogP contribution < -0.4 is 5.32 Å². The fourth-order valence-corrected chi connectivity index (χ4v) is 2.24. The lowest BCUT2D eigenvalue weighted by Crippen LogP contribution is -2.29. The van der Waals surface area contributed by atoms with Crippen molar-refractivity contribution in [2.75, 3.05) is 6.61 Å². The molecule has 0 spiro atoms. The predicted molar refractivity (Wildman–Crippen MR) is 73.2 cm³/mol. The van der Waals surface area contributed by atoms with Crippen molar-refractivity contribution in [2.24, 2.45) is 0 Å². The van der Waals surface area contributed by atoms with E-state index >= 15 is 0 Å². The first-order valence-electron chi connectivity index (χ1n) is 6.49. The van der Waals surface area contributed by atoms with Crippen molar-refractivity contribution in [3.63, 3.8) is 0 Å². The van der Waals surface area contributed by atoms with E-state index in [2.05, 4.69) is 51.2 Å². The summed E-state index contributed by atoms with van der Waals surface area (Å²) in [5, 5.41) is 12.4. The molecule has 0 saturated heterocycles. The molecule has 96 valence electrons. The van der Waals surface area contributed by atoms with Crippen LogP contribution in [0, 0.1) is 13.8 Å². The Morgan fingerprint density at radius 1 is 1.24 bits per heavy atom. The molecule has 0 aliphatic heterocycles. The zero-order valence-corrected chi connectivity index (χ0v) is 11.5. The van der Waals surface area contributed by atoms with Crippen molar-refractivity contribution in [1.82, 2.24) is 5.32 Å². The van der Waals surface area contributed by atoms with Gasteiger partial charge in [0.1, 0.15) is 0 Å². The quantitative estimate of drug-likeness (QED) is 0.794. The lowest BCUT2D eigenvalue weighted by molar-refractivity contribution is 0.274. The monoisotopic (exact) mass is 235 g/mol. The summed E-state index contributed by atoms with van der Waals surface area (Å²) in [5.74, 6) is 0. The van der Waals surface area contributed by atoms with E-state index < -0.39 is 0 Å². The lowest BCUT2D eigenvalue weighted by atomic mass is 9.97. The third kappa shape index (κ3) is 4.14. The molecular formula is C15H25NO. The third-order valence-corrected chi connectivity index (χ3v) is 3.44. The number of nitrogens with one attached hydrogen (secondary N) is 1. The fourth-order valence-electron chi connectivity index (χ4n) is 2.24. The van der Waals surface area contributed by atoms with Gasteiger partial charge in [0.15, 0.2) is 0 Å². The second-order valence-electron chi connectivity index (χ2n) is 4.94. The molecule has 2 N–H and O–H groups in total. The van der Waals surface area contributed by atoms with E-state index in [0.717, 1.165) is 12.8 Å². The Kier molecular flexibility index (Phi) is 5.66. The Morgan fingerprint density at radius 2 is 1.94 bits per heavy atom. The molecule has 2 nitrogen and oxygen atoms in total. The minimum absolute atomic E-state index is 0.282. The van der Waals surface area contributed by atoms with Crippen LogP contribution in [0.1, 0.15) is 49.4 Å². The molecule has 2 atom stereocenters. The highest BCUT2D eigenvalue weighted by Crippen LogP contribution is 2.20. The zero-order chi connectivity index (χ0) is 12.8. The SMILES string of the molecule is Cc1cccc([C@H](C)N[C@@H](C)CCCO)c1C. The highest BCUT2D eigenvalue weighted by molar-refractivity contribution is 5.35. The number of benzene rings is 1. The lowest BCUT2D eigenvalue weighted by Gasteiger charge is -2.22. The molecule has 0 aromatic heterocycles. The molecule has 0 unspecified atom stereocenters. The van der Waals surface area contributed by atoms with Gasteiger partial charge in [-0.25, -0.2) is 0 Å². The minimum Gasteiger partial charge on any atom is -0.396 e. The average molecular weight is 235 g/mol. The van der Waals surface area contributed by atoms with Gasteiger partial charge in [0.25, 0.3) is 0 Å². The second-order valence-corrected chi connectivity index (χ2v) is 4.94. The second kappa shape index (κ2) is 6.77. The summed E-state index contributed by atoms with van der Waals surface area (Å²) in [6, 6.07) is 7.27. The van der Waals surface area contributed by atoms with Crippen LogP contribution in [0.3, 0.4) is 0 Å². The molecule has 0 amide bonds. The first-order chi connectivity index (χ1) is 8.06. The van der Waals surface area contributed by atoms with Gasteiger partial charge in [0.2, 0.25) is 0 Å². The number of hydrogen-bond acceptors (Lipinski definition) is 2. The molecule has 2 heteroatoms. The average Bonchev–Trinajstić information content (AvgIpc) is 2.29. The van der Waals surface area contributed by atoms with Gasteiger partial charge in [0.05, 0.1) is 0 Å². The van der Waals surface area contributed by atoms with E-state index in [4.69, 9.17) is 5.11 Å². The van der Waals surface area contributed by atoms with Crippen LogP contribution in [0.25, 0.3) is 0 Å². The summed E-state index contributed by atoms with van der Waals surface area (Å²) >= 11 is 0. The molecular weight excluding hydrogens is 210 g/mol. The summed E-state index contributed by atoms with van der Waals surface area (Å²) in [6.07, 6.45) is 1.89. The van der Waals surface area contributed by atoms with Crippen LogP contribution in [0.4, 0.5) is 0 Å². The van der Waals surface area contributed by atoms with E-state index in [1.165, 1.54) is 16.7 Å². The molecule has 0 bridgehead atoms. The van der Waals surface area contributed by atoms with Crippen LogP contribution in [0.5, 0.6) is 0 Å².